The Bertz CT molecular complexity index is 1240. The molecule has 0 bridgehead atoms. The van der Waals surface area contributed by atoms with E-state index in [0.29, 0.717) is 6.61 Å². The van der Waals surface area contributed by atoms with Crippen molar-refractivity contribution in [1.82, 2.24) is 30.2 Å². The SMILES string of the molecule is CCOc1cnc(NC(=O)N(C)[C@H]2CN(c3nccc(NC(=O)O[C@]45CCCC[C@H]4CNCC5)n3)CCC2(F)F)cn1. The Balaban J connectivity index is 1.22. The van der Waals surface area contributed by atoms with Crippen LogP contribution in [0, 0.1) is 5.92 Å². The number of carbonyl (C=O) groups excluding carboxylic acids is 2. The molecule has 1 aliphatic carbocycles. The summed E-state index contributed by atoms with van der Waals surface area (Å²) < 4.78 is 41.3. The van der Waals surface area contributed by atoms with Crippen LogP contribution in [0.2, 0.25) is 0 Å². The van der Waals surface area contributed by atoms with E-state index in [4.69, 9.17) is 9.47 Å². The number of amides is 3. The van der Waals surface area contributed by atoms with Crippen LogP contribution in [-0.4, -0.2) is 94.4 Å². The van der Waals surface area contributed by atoms with Gasteiger partial charge in [-0.1, -0.05) is 6.42 Å². The fraction of sp³-hybridized carbons (Fsp3) is 0.630. The van der Waals surface area contributed by atoms with Crippen molar-refractivity contribution < 1.29 is 27.8 Å². The van der Waals surface area contributed by atoms with Gasteiger partial charge in [0.15, 0.2) is 5.82 Å². The van der Waals surface area contributed by atoms with Gasteiger partial charge in [0.2, 0.25) is 11.8 Å². The van der Waals surface area contributed by atoms with E-state index in [1.807, 2.05) is 0 Å². The largest absolute Gasteiger partial charge is 0.477 e. The van der Waals surface area contributed by atoms with E-state index in [9.17, 15) is 9.59 Å². The first-order valence-electron chi connectivity index (χ1n) is 14.3. The second-order valence-electron chi connectivity index (χ2n) is 10.9. The number of piperidine rings is 2. The average molecular weight is 590 g/mol. The number of nitrogens with zero attached hydrogens (tertiary/aromatic N) is 6. The zero-order valence-corrected chi connectivity index (χ0v) is 23.8. The first-order valence-corrected chi connectivity index (χ1v) is 14.3. The highest BCUT2D eigenvalue weighted by atomic mass is 19.3. The number of likely N-dealkylation sites (N-methyl/N-ethyl adjacent to an activating group) is 1. The fourth-order valence-corrected chi connectivity index (χ4v) is 5.96. The molecule has 0 aromatic carbocycles. The summed E-state index contributed by atoms with van der Waals surface area (Å²) in [5, 5.41) is 8.58. The van der Waals surface area contributed by atoms with Crippen LogP contribution in [-0.2, 0) is 4.74 Å². The number of anilines is 3. The minimum atomic E-state index is -3.16. The summed E-state index contributed by atoms with van der Waals surface area (Å²) in [6.07, 6.45) is 7.71. The Hall–Kier alpha value is -3.88. The zero-order valence-electron chi connectivity index (χ0n) is 23.8. The number of hydrogen-bond donors (Lipinski definition) is 3. The van der Waals surface area contributed by atoms with Gasteiger partial charge in [0.25, 0.3) is 5.92 Å². The number of nitrogens with one attached hydrogen (secondary N) is 3. The van der Waals surface area contributed by atoms with E-state index < -0.39 is 36.1 Å². The zero-order chi connectivity index (χ0) is 29.7. The van der Waals surface area contributed by atoms with Gasteiger partial charge in [-0.3, -0.25) is 10.6 Å². The summed E-state index contributed by atoms with van der Waals surface area (Å²) in [4.78, 5) is 45.0. The van der Waals surface area contributed by atoms with Crippen LogP contribution in [0.15, 0.2) is 24.7 Å². The molecule has 0 unspecified atom stereocenters. The molecule has 3 atom stereocenters. The first kappa shape index (κ1) is 29.6. The van der Waals surface area contributed by atoms with Crippen molar-refractivity contribution in [2.45, 2.75) is 63.0 Å². The monoisotopic (exact) mass is 589 g/mol. The molecular formula is C27H37F2N9O4. The van der Waals surface area contributed by atoms with Crippen molar-refractivity contribution in [1.29, 1.82) is 0 Å². The predicted molar refractivity (Wildman–Crippen MR) is 150 cm³/mol. The molecule has 3 aliphatic rings. The van der Waals surface area contributed by atoms with E-state index in [1.54, 1.807) is 11.8 Å². The third-order valence-corrected chi connectivity index (χ3v) is 8.25. The van der Waals surface area contributed by atoms with Gasteiger partial charge in [-0.2, -0.15) is 4.98 Å². The summed E-state index contributed by atoms with van der Waals surface area (Å²) >= 11 is 0. The second kappa shape index (κ2) is 12.5. The van der Waals surface area contributed by atoms with Crippen LogP contribution in [0.4, 0.5) is 36.0 Å². The average Bonchev–Trinajstić information content (AvgIpc) is 2.97. The molecule has 42 heavy (non-hydrogen) atoms. The normalized spacial score (nSPS) is 25.1. The molecule has 2 aromatic heterocycles. The van der Waals surface area contributed by atoms with Gasteiger partial charge < -0.3 is 24.6 Å². The molecule has 0 radical (unpaired) electrons. The van der Waals surface area contributed by atoms with Crippen LogP contribution in [0.5, 0.6) is 5.88 Å². The Labute approximate surface area is 242 Å². The molecule has 3 N–H and O–H groups in total. The minimum Gasteiger partial charge on any atom is -0.477 e. The number of rotatable bonds is 7. The van der Waals surface area contributed by atoms with Gasteiger partial charge in [0, 0.05) is 51.6 Å². The molecule has 0 spiro atoms. The van der Waals surface area contributed by atoms with Gasteiger partial charge in [0.1, 0.15) is 17.5 Å². The lowest BCUT2D eigenvalue weighted by Gasteiger charge is -2.46. The van der Waals surface area contributed by atoms with E-state index in [1.165, 1.54) is 31.7 Å². The lowest BCUT2D eigenvalue weighted by Crippen LogP contribution is -2.60. The van der Waals surface area contributed by atoms with Gasteiger partial charge in [-0.15, -0.1) is 0 Å². The molecule has 4 heterocycles. The van der Waals surface area contributed by atoms with E-state index >= 15 is 8.78 Å². The molecule has 2 aliphatic heterocycles. The van der Waals surface area contributed by atoms with Gasteiger partial charge >= 0.3 is 12.1 Å². The third kappa shape index (κ3) is 6.61. The number of hydrogen-bond acceptors (Lipinski definition) is 10. The summed E-state index contributed by atoms with van der Waals surface area (Å²) in [5.74, 6) is -2.13. The number of fused-ring (bicyclic) bond motifs is 1. The lowest BCUT2D eigenvalue weighted by molar-refractivity contribution is -0.0760. The van der Waals surface area contributed by atoms with Crippen molar-refractivity contribution in [3.63, 3.8) is 0 Å². The molecule has 3 fully saturated rings. The van der Waals surface area contributed by atoms with Crippen molar-refractivity contribution in [2.75, 3.05) is 55.4 Å². The Morgan fingerprint density at radius 3 is 2.79 bits per heavy atom. The van der Waals surface area contributed by atoms with Gasteiger partial charge in [-0.05, 0) is 38.8 Å². The number of carbonyl (C=O) groups is 2. The molecule has 3 amide bonds. The Morgan fingerprint density at radius 2 is 2.00 bits per heavy atom. The molecule has 13 nitrogen and oxygen atoms in total. The first-order chi connectivity index (χ1) is 20.2. The van der Waals surface area contributed by atoms with Gasteiger partial charge in [-0.25, -0.2) is 33.3 Å². The molecule has 1 saturated carbocycles. The molecule has 228 valence electrons. The standard InChI is InChI=1S/C27H37F2N9O4/c1-3-41-22-16-32-21(15-33-22)35-24(39)37(2)19-17-38(13-10-27(19,28)29)23-31-11-7-20(34-23)36-25(40)42-26-8-5-4-6-18(26)14-30-12-9-26/h7,11,15-16,18-19,30H,3-6,8-10,12-14,17H2,1-2H3,(H,32,35,39)(H,31,34,36,40)/t18-,19-,26-/m0/s1. The topological polar surface area (TPSA) is 147 Å². The molecular weight excluding hydrogens is 552 g/mol. The summed E-state index contributed by atoms with van der Waals surface area (Å²) in [5.41, 5.74) is -0.489. The minimum absolute atomic E-state index is 0.0327. The van der Waals surface area contributed by atoms with Crippen LogP contribution >= 0.6 is 0 Å². The number of ether oxygens (including phenoxy) is 2. The van der Waals surface area contributed by atoms with Crippen molar-refractivity contribution in [3.8, 4) is 5.88 Å². The number of alkyl halides is 2. The second-order valence-corrected chi connectivity index (χ2v) is 10.9. The summed E-state index contributed by atoms with van der Waals surface area (Å²) in [6.45, 7) is 3.57. The van der Waals surface area contributed by atoms with Crippen molar-refractivity contribution >= 4 is 29.7 Å². The highest BCUT2D eigenvalue weighted by molar-refractivity contribution is 5.88. The Kier molecular flexibility index (Phi) is 8.85. The summed E-state index contributed by atoms with van der Waals surface area (Å²) in [7, 11) is 1.30. The quantitative estimate of drug-likeness (QED) is 0.438. The van der Waals surface area contributed by atoms with Crippen LogP contribution < -0.4 is 25.6 Å². The van der Waals surface area contributed by atoms with E-state index in [0.717, 1.165) is 50.1 Å². The Morgan fingerprint density at radius 1 is 1.14 bits per heavy atom. The maximum Gasteiger partial charge on any atom is 0.413 e. The number of halogens is 2. The maximum atomic E-state index is 15.0. The van der Waals surface area contributed by atoms with Crippen LogP contribution in [0.1, 0.15) is 45.4 Å². The van der Waals surface area contributed by atoms with E-state index in [2.05, 4.69) is 35.9 Å². The molecule has 15 heteroatoms. The lowest BCUT2D eigenvalue weighted by atomic mass is 9.71. The van der Waals surface area contributed by atoms with Crippen LogP contribution in [0.25, 0.3) is 0 Å². The molecule has 5 rings (SSSR count). The van der Waals surface area contributed by atoms with Crippen LogP contribution in [0.3, 0.4) is 0 Å². The third-order valence-electron chi connectivity index (χ3n) is 8.25. The van der Waals surface area contributed by atoms with Gasteiger partial charge in [0.05, 0.1) is 19.0 Å². The molecule has 2 aromatic rings. The van der Waals surface area contributed by atoms with E-state index in [-0.39, 0.29) is 42.5 Å². The maximum absolute atomic E-state index is 15.0. The smallest absolute Gasteiger partial charge is 0.413 e. The number of urea groups is 1. The summed E-state index contributed by atoms with van der Waals surface area (Å²) in [6, 6.07) is -0.719. The predicted octanol–water partition coefficient (Wildman–Crippen LogP) is 3.51. The highest BCUT2D eigenvalue weighted by Gasteiger charge is 2.48. The number of aromatic nitrogens is 4. The van der Waals surface area contributed by atoms with Crippen molar-refractivity contribution in [2.24, 2.45) is 5.92 Å². The van der Waals surface area contributed by atoms with Crippen molar-refractivity contribution in [3.05, 3.63) is 24.7 Å². The highest BCUT2D eigenvalue weighted by Crippen LogP contribution is 2.41. The fourth-order valence-electron chi connectivity index (χ4n) is 5.96. The molecule has 2 saturated heterocycles.